The minimum atomic E-state index is -0.432. The first-order valence-electron chi connectivity index (χ1n) is 5.38. The first-order chi connectivity index (χ1) is 8.17. The van der Waals surface area contributed by atoms with Crippen molar-refractivity contribution in [3.05, 3.63) is 35.4 Å². The lowest BCUT2D eigenvalue weighted by Crippen LogP contribution is -2.29. The van der Waals surface area contributed by atoms with Crippen LogP contribution in [0.25, 0.3) is 0 Å². The van der Waals surface area contributed by atoms with E-state index in [4.69, 9.17) is 16.3 Å². The first kappa shape index (κ1) is 14.4. The summed E-state index contributed by atoms with van der Waals surface area (Å²) in [6.45, 7) is 2.12. The Hall–Kier alpha value is -0.710. The van der Waals surface area contributed by atoms with Crippen molar-refractivity contribution >= 4 is 11.6 Å². The molecule has 5 heteroatoms. The molecule has 0 N–H and O–H groups in total. The van der Waals surface area contributed by atoms with Gasteiger partial charge >= 0.3 is 0 Å². The maximum Gasteiger partial charge on any atom is 0.127 e. The summed E-state index contributed by atoms with van der Waals surface area (Å²) in [6, 6.07) is 3.46. The summed E-state index contributed by atoms with van der Waals surface area (Å²) in [5.74, 6) is -0.386. The van der Waals surface area contributed by atoms with E-state index in [1.54, 1.807) is 7.11 Å². The van der Waals surface area contributed by atoms with Gasteiger partial charge in [0, 0.05) is 38.2 Å². The Kier molecular flexibility index (Phi) is 6.40. The van der Waals surface area contributed by atoms with Crippen molar-refractivity contribution < 1.29 is 13.5 Å². The number of nitrogens with zero attached hydrogens (tertiary/aromatic N) is 1. The van der Waals surface area contributed by atoms with Gasteiger partial charge in [-0.25, -0.2) is 8.78 Å². The third-order valence-corrected chi connectivity index (χ3v) is 2.58. The molecule has 0 aromatic heterocycles. The highest BCUT2D eigenvalue weighted by molar-refractivity contribution is 6.18. The molecule has 0 spiro atoms. The molecule has 0 saturated heterocycles. The minimum absolute atomic E-state index is 0.333. The van der Waals surface area contributed by atoms with Gasteiger partial charge in [0.05, 0.1) is 6.61 Å². The lowest BCUT2D eigenvalue weighted by Gasteiger charge is -2.21. The molecular weight excluding hydrogens is 248 g/mol. The van der Waals surface area contributed by atoms with Gasteiger partial charge in [-0.1, -0.05) is 0 Å². The molecule has 96 valence electrons. The molecule has 0 heterocycles. The number of hydrogen-bond donors (Lipinski definition) is 0. The Morgan fingerprint density at radius 1 is 1.29 bits per heavy atom. The molecule has 1 rings (SSSR count). The van der Waals surface area contributed by atoms with E-state index < -0.39 is 11.6 Å². The van der Waals surface area contributed by atoms with Crippen LogP contribution in [0.2, 0.25) is 0 Å². The van der Waals surface area contributed by atoms with E-state index >= 15 is 0 Å². The zero-order valence-electron chi connectivity index (χ0n) is 9.76. The summed E-state index contributed by atoms with van der Waals surface area (Å²) in [4.78, 5) is 1.92. The van der Waals surface area contributed by atoms with Crippen LogP contribution in [0.4, 0.5) is 8.78 Å². The third kappa shape index (κ3) is 4.98. The quantitative estimate of drug-likeness (QED) is 0.702. The zero-order chi connectivity index (χ0) is 12.7. The smallest absolute Gasteiger partial charge is 0.127 e. The summed E-state index contributed by atoms with van der Waals surface area (Å²) in [5.41, 5.74) is 0.339. The van der Waals surface area contributed by atoms with Gasteiger partial charge < -0.3 is 4.74 Å². The number of alkyl halides is 1. The molecule has 1 aromatic rings. The average Bonchev–Trinajstić information content (AvgIpc) is 2.31. The normalized spacial score (nSPS) is 11.1. The van der Waals surface area contributed by atoms with Crippen LogP contribution in [-0.2, 0) is 11.3 Å². The van der Waals surface area contributed by atoms with Crippen LogP contribution >= 0.6 is 11.6 Å². The summed E-state index contributed by atoms with van der Waals surface area (Å²) in [5, 5.41) is 0. The number of ether oxygens (including phenoxy) is 1. The van der Waals surface area contributed by atoms with Crippen molar-refractivity contribution in [3.63, 3.8) is 0 Å². The van der Waals surface area contributed by atoms with Crippen LogP contribution in [0, 0.1) is 11.6 Å². The maximum atomic E-state index is 13.4. The number of benzene rings is 1. The van der Waals surface area contributed by atoms with Gasteiger partial charge in [-0.3, -0.25) is 4.90 Å². The van der Waals surface area contributed by atoms with Gasteiger partial charge in [0.25, 0.3) is 0 Å². The van der Waals surface area contributed by atoms with Crippen LogP contribution in [0.3, 0.4) is 0 Å². The van der Waals surface area contributed by atoms with Crippen LogP contribution in [-0.4, -0.2) is 37.6 Å². The van der Waals surface area contributed by atoms with Gasteiger partial charge in [0.1, 0.15) is 11.6 Å². The van der Waals surface area contributed by atoms with Crippen molar-refractivity contribution in [1.29, 1.82) is 0 Å². The lowest BCUT2D eigenvalue weighted by molar-refractivity contribution is 0.147. The van der Waals surface area contributed by atoms with E-state index in [2.05, 4.69) is 0 Å². The number of hydrogen-bond acceptors (Lipinski definition) is 2. The van der Waals surface area contributed by atoms with E-state index in [0.717, 1.165) is 12.1 Å². The molecule has 0 saturated carbocycles. The van der Waals surface area contributed by atoms with E-state index in [0.29, 0.717) is 37.7 Å². The summed E-state index contributed by atoms with van der Waals surface area (Å²) in [6.07, 6.45) is 0. The van der Waals surface area contributed by atoms with Crippen LogP contribution < -0.4 is 0 Å². The van der Waals surface area contributed by atoms with Crippen LogP contribution in [0.1, 0.15) is 5.56 Å². The predicted octanol–water partition coefficient (Wildman–Crippen LogP) is 2.65. The van der Waals surface area contributed by atoms with Gasteiger partial charge in [-0.05, 0) is 18.2 Å². The maximum absolute atomic E-state index is 13.4. The first-order valence-corrected chi connectivity index (χ1v) is 5.92. The van der Waals surface area contributed by atoms with Gasteiger partial charge in [0.2, 0.25) is 0 Å². The summed E-state index contributed by atoms with van der Waals surface area (Å²) in [7, 11) is 1.60. The van der Waals surface area contributed by atoms with Crippen molar-refractivity contribution in [2.24, 2.45) is 0 Å². The van der Waals surface area contributed by atoms with Crippen LogP contribution in [0.15, 0.2) is 18.2 Å². The average molecular weight is 264 g/mol. The molecule has 0 fully saturated rings. The lowest BCUT2D eigenvalue weighted by atomic mass is 10.2. The zero-order valence-corrected chi connectivity index (χ0v) is 10.5. The van der Waals surface area contributed by atoms with E-state index in [1.807, 2.05) is 4.90 Å². The largest absolute Gasteiger partial charge is 0.383 e. The molecule has 0 atom stereocenters. The minimum Gasteiger partial charge on any atom is -0.383 e. The highest BCUT2D eigenvalue weighted by atomic mass is 35.5. The fourth-order valence-electron chi connectivity index (χ4n) is 1.52. The fraction of sp³-hybridized carbons (Fsp3) is 0.500. The third-order valence-electron chi connectivity index (χ3n) is 2.41. The SMILES string of the molecule is COCCN(CCCl)Cc1cc(F)ccc1F. The topological polar surface area (TPSA) is 12.5 Å². The molecule has 0 aliphatic rings. The second-order valence-electron chi connectivity index (χ2n) is 3.69. The predicted molar refractivity (Wildman–Crippen MR) is 64.2 cm³/mol. The van der Waals surface area contributed by atoms with Gasteiger partial charge in [-0.15, -0.1) is 11.6 Å². The Bertz CT molecular complexity index is 349. The molecular formula is C12H16ClF2NO. The van der Waals surface area contributed by atoms with Crippen molar-refractivity contribution in [3.8, 4) is 0 Å². The molecule has 0 aliphatic heterocycles. The molecule has 0 aliphatic carbocycles. The number of rotatable bonds is 7. The molecule has 17 heavy (non-hydrogen) atoms. The fourth-order valence-corrected chi connectivity index (χ4v) is 1.75. The molecule has 1 aromatic carbocycles. The van der Waals surface area contributed by atoms with Crippen molar-refractivity contribution in [2.75, 3.05) is 32.7 Å². The molecule has 0 unspecified atom stereocenters. The second-order valence-corrected chi connectivity index (χ2v) is 4.07. The molecule has 0 bridgehead atoms. The summed E-state index contributed by atoms with van der Waals surface area (Å²) < 4.78 is 31.4. The number of methoxy groups -OCH3 is 1. The highest BCUT2D eigenvalue weighted by Gasteiger charge is 2.09. The second kappa shape index (κ2) is 7.58. The Morgan fingerprint density at radius 2 is 2.06 bits per heavy atom. The molecule has 0 amide bonds. The molecule has 0 radical (unpaired) electrons. The standard InChI is InChI=1S/C12H16ClF2NO/c1-17-7-6-16(5-4-13)9-10-8-11(14)2-3-12(10)15/h2-3,8H,4-7,9H2,1H3. The monoisotopic (exact) mass is 263 g/mol. The van der Waals surface area contributed by atoms with Crippen LogP contribution in [0.5, 0.6) is 0 Å². The Balaban J connectivity index is 2.67. The molecule has 2 nitrogen and oxygen atoms in total. The summed E-state index contributed by atoms with van der Waals surface area (Å²) >= 11 is 5.66. The Labute approximate surface area is 105 Å². The van der Waals surface area contributed by atoms with Crippen molar-refractivity contribution in [1.82, 2.24) is 4.90 Å². The van der Waals surface area contributed by atoms with E-state index in [9.17, 15) is 8.78 Å². The van der Waals surface area contributed by atoms with E-state index in [-0.39, 0.29) is 0 Å². The van der Waals surface area contributed by atoms with Gasteiger partial charge in [0.15, 0.2) is 0 Å². The van der Waals surface area contributed by atoms with Crippen molar-refractivity contribution in [2.45, 2.75) is 6.54 Å². The Morgan fingerprint density at radius 3 is 2.71 bits per heavy atom. The number of halogens is 3. The van der Waals surface area contributed by atoms with E-state index in [1.165, 1.54) is 6.07 Å². The van der Waals surface area contributed by atoms with Gasteiger partial charge in [-0.2, -0.15) is 0 Å². The highest BCUT2D eigenvalue weighted by Crippen LogP contribution is 2.12.